The second kappa shape index (κ2) is 10.9. The molecule has 0 unspecified atom stereocenters. The molecule has 1 aromatic heterocycles. The molecule has 2 saturated heterocycles. The predicted octanol–water partition coefficient (Wildman–Crippen LogP) is -1.66. The van der Waals surface area contributed by atoms with E-state index in [1.807, 2.05) is 0 Å². The number of aromatic nitrogens is 2. The van der Waals surface area contributed by atoms with Crippen molar-refractivity contribution in [2.45, 2.75) is 24.9 Å². The Bertz CT molecular complexity index is 884. The Kier molecular flexibility index (Phi) is 7.98. The van der Waals surface area contributed by atoms with E-state index < -0.39 is 29.9 Å². The number of thioether (sulfide) groups is 1. The van der Waals surface area contributed by atoms with E-state index in [1.165, 1.54) is 28.4 Å². The van der Waals surface area contributed by atoms with Gasteiger partial charge in [-0.25, -0.2) is 4.98 Å². The summed E-state index contributed by atoms with van der Waals surface area (Å²) in [5.74, 6) is -2.94. The average molecular weight is 465 g/mol. The van der Waals surface area contributed by atoms with Crippen molar-refractivity contribution >= 4 is 41.4 Å². The molecule has 2 aliphatic rings. The second-order valence-electron chi connectivity index (χ2n) is 7.33. The molecule has 0 saturated carbocycles. The van der Waals surface area contributed by atoms with Gasteiger partial charge in [0.25, 0.3) is 5.91 Å². The molecule has 32 heavy (non-hydrogen) atoms. The minimum Gasteiger partial charge on any atom is -0.481 e. The van der Waals surface area contributed by atoms with E-state index in [1.54, 1.807) is 0 Å². The lowest BCUT2D eigenvalue weighted by Crippen LogP contribution is -2.63. The number of carboxylic acid groups (broad SMARTS) is 1. The van der Waals surface area contributed by atoms with Gasteiger partial charge < -0.3 is 25.5 Å². The molecule has 3 N–H and O–H groups in total. The zero-order valence-corrected chi connectivity index (χ0v) is 18.0. The van der Waals surface area contributed by atoms with Gasteiger partial charge in [0.1, 0.15) is 17.8 Å². The summed E-state index contributed by atoms with van der Waals surface area (Å²) >= 11 is 0.962. The van der Waals surface area contributed by atoms with Crippen LogP contribution in [0.5, 0.6) is 0 Å². The Hall–Kier alpha value is -3.22. The fourth-order valence-corrected chi connectivity index (χ4v) is 4.16. The summed E-state index contributed by atoms with van der Waals surface area (Å²) in [6, 6.07) is -1.73. The summed E-state index contributed by atoms with van der Waals surface area (Å²) in [5.41, 5.74) is 0.0671. The Morgan fingerprint density at radius 1 is 1.22 bits per heavy atom. The second-order valence-corrected chi connectivity index (χ2v) is 8.31. The van der Waals surface area contributed by atoms with Crippen LogP contribution in [0.3, 0.4) is 0 Å². The smallest absolute Gasteiger partial charge is 0.313 e. The third kappa shape index (κ3) is 5.93. The maximum absolute atomic E-state index is 13.1. The Morgan fingerprint density at radius 3 is 2.72 bits per heavy atom. The molecule has 0 aliphatic carbocycles. The van der Waals surface area contributed by atoms with E-state index in [4.69, 9.17) is 5.11 Å². The summed E-state index contributed by atoms with van der Waals surface area (Å²) < 4.78 is 0. The van der Waals surface area contributed by atoms with Crippen molar-refractivity contribution in [2.75, 3.05) is 37.7 Å². The van der Waals surface area contributed by atoms with E-state index in [-0.39, 0.29) is 48.6 Å². The van der Waals surface area contributed by atoms with Crippen LogP contribution in [0.25, 0.3) is 0 Å². The number of carbonyl (C=O) groups excluding carboxylic acids is 4. The predicted molar refractivity (Wildman–Crippen MR) is 113 cm³/mol. The van der Waals surface area contributed by atoms with Crippen LogP contribution in [-0.4, -0.2) is 104 Å². The van der Waals surface area contributed by atoms with Gasteiger partial charge in [0.05, 0.1) is 24.2 Å². The van der Waals surface area contributed by atoms with E-state index in [2.05, 4.69) is 20.6 Å². The quantitative estimate of drug-likeness (QED) is 0.429. The maximum atomic E-state index is 13.1. The fraction of sp³-hybridized carbons (Fsp3) is 0.526. The van der Waals surface area contributed by atoms with Gasteiger partial charge in [0, 0.05) is 32.0 Å². The molecule has 172 valence electrons. The Balaban J connectivity index is 1.73. The van der Waals surface area contributed by atoms with Crippen molar-refractivity contribution in [1.82, 2.24) is 30.4 Å². The lowest BCUT2D eigenvalue weighted by atomic mass is 10.0. The van der Waals surface area contributed by atoms with Gasteiger partial charge in [-0.3, -0.25) is 29.0 Å². The number of nitrogens with zero attached hydrogens (tertiary/aromatic N) is 4. The number of carboxylic acids is 1. The van der Waals surface area contributed by atoms with Crippen LogP contribution < -0.4 is 10.6 Å². The molecule has 0 aromatic carbocycles. The molecule has 0 bridgehead atoms. The van der Waals surface area contributed by atoms with Gasteiger partial charge in [-0.2, -0.15) is 0 Å². The van der Waals surface area contributed by atoms with Gasteiger partial charge in [0.15, 0.2) is 0 Å². The number of hydrogen-bond acceptors (Lipinski definition) is 8. The molecule has 0 radical (unpaired) electrons. The summed E-state index contributed by atoms with van der Waals surface area (Å²) in [6.07, 6.45) is 5.29. The molecule has 2 fully saturated rings. The molecule has 2 atom stereocenters. The molecule has 3 heterocycles. The molecular weight excluding hydrogens is 440 g/mol. The average Bonchev–Trinajstić information content (AvgIpc) is 2.80. The van der Waals surface area contributed by atoms with Crippen molar-refractivity contribution in [2.24, 2.45) is 0 Å². The summed E-state index contributed by atoms with van der Waals surface area (Å²) in [5, 5.41) is 14.1. The first-order valence-electron chi connectivity index (χ1n) is 10.1. The lowest BCUT2D eigenvalue weighted by Gasteiger charge is -2.41. The first-order chi connectivity index (χ1) is 15.4. The molecule has 3 rings (SSSR count). The van der Waals surface area contributed by atoms with Gasteiger partial charge in [-0.05, 0) is 12.8 Å². The normalized spacial score (nSPS) is 20.9. The highest BCUT2D eigenvalue weighted by Gasteiger charge is 2.39. The maximum Gasteiger partial charge on any atom is 0.313 e. The standard InChI is InChI=1S/C19H24N6O6S/c26-15(10-32-11-16(27)28)24-6-7-25(19(31)13-8-20-4-5-21-13)14(9-24)18(30)23-12-2-1-3-22-17(12)29/h4-5,8,12,14H,1-3,6-7,9-11H2,(H,22,29)(H,23,30)(H,27,28)/t12-,14-/m0/s1. The van der Waals surface area contributed by atoms with E-state index in [0.717, 1.165) is 18.2 Å². The highest BCUT2D eigenvalue weighted by molar-refractivity contribution is 8.00. The van der Waals surface area contributed by atoms with Crippen molar-refractivity contribution in [3.8, 4) is 0 Å². The minimum atomic E-state index is -1.03. The van der Waals surface area contributed by atoms with Crippen molar-refractivity contribution in [3.63, 3.8) is 0 Å². The number of nitrogens with one attached hydrogen (secondary N) is 2. The first kappa shape index (κ1) is 23.4. The molecular formula is C19H24N6O6S. The Labute approximate surface area is 188 Å². The van der Waals surface area contributed by atoms with Crippen LogP contribution in [0.1, 0.15) is 23.3 Å². The molecule has 1 aromatic rings. The number of piperazine rings is 1. The SMILES string of the molecule is O=C(O)CSCC(=O)N1CCN(C(=O)c2cnccn2)[C@H](C(=O)N[C@H]2CCCNC2=O)C1. The van der Waals surface area contributed by atoms with Crippen LogP contribution in [0.4, 0.5) is 0 Å². The molecule has 12 nitrogen and oxygen atoms in total. The van der Waals surface area contributed by atoms with Gasteiger partial charge in [-0.1, -0.05) is 0 Å². The minimum absolute atomic E-state index is 0.0518. The highest BCUT2D eigenvalue weighted by Crippen LogP contribution is 2.16. The summed E-state index contributed by atoms with van der Waals surface area (Å²) in [4.78, 5) is 72.0. The zero-order chi connectivity index (χ0) is 23.1. The van der Waals surface area contributed by atoms with Crippen LogP contribution in [0.15, 0.2) is 18.6 Å². The van der Waals surface area contributed by atoms with E-state index in [9.17, 15) is 24.0 Å². The number of hydrogen-bond donors (Lipinski definition) is 3. The van der Waals surface area contributed by atoms with Crippen LogP contribution in [0.2, 0.25) is 0 Å². The zero-order valence-electron chi connectivity index (χ0n) is 17.2. The summed E-state index contributed by atoms with van der Waals surface area (Å²) in [7, 11) is 0. The van der Waals surface area contributed by atoms with Gasteiger partial charge in [0.2, 0.25) is 17.7 Å². The fourth-order valence-electron chi connectivity index (χ4n) is 3.53. The van der Waals surface area contributed by atoms with E-state index >= 15 is 0 Å². The van der Waals surface area contributed by atoms with Gasteiger partial charge in [-0.15, -0.1) is 11.8 Å². The number of rotatable bonds is 7. The summed E-state index contributed by atoms with van der Waals surface area (Å²) in [6.45, 7) is 0.743. The molecule has 4 amide bonds. The van der Waals surface area contributed by atoms with Crippen LogP contribution >= 0.6 is 11.8 Å². The number of aliphatic carboxylic acids is 1. The van der Waals surface area contributed by atoms with Crippen LogP contribution in [0, 0.1) is 0 Å². The number of piperidine rings is 1. The topological polar surface area (TPSA) is 162 Å². The first-order valence-corrected chi connectivity index (χ1v) is 11.2. The monoisotopic (exact) mass is 464 g/mol. The third-order valence-electron chi connectivity index (χ3n) is 5.13. The molecule has 0 spiro atoms. The highest BCUT2D eigenvalue weighted by atomic mass is 32.2. The van der Waals surface area contributed by atoms with Crippen molar-refractivity contribution < 1.29 is 29.1 Å². The Morgan fingerprint density at radius 2 is 2.03 bits per heavy atom. The van der Waals surface area contributed by atoms with Crippen molar-refractivity contribution in [1.29, 1.82) is 0 Å². The molecule has 13 heteroatoms. The lowest BCUT2D eigenvalue weighted by molar-refractivity contribution is -0.137. The number of carbonyl (C=O) groups is 5. The van der Waals surface area contributed by atoms with Crippen molar-refractivity contribution in [3.05, 3.63) is 24.3 Å². The largest absolute Gasteiger partial charge is 0.481 e. The van der Waals surface area contributed by atoms with Crippen LogP contribution in [-0.2, 0) is 19.2 Å². The number of amides is 4. The molecule has 2 aliphatic heterocycles. The third-order valence-corrected chi connectivity index (χ3v) is 6.03. The van der Waals surface area contributed by atoms with E-state index in [0.29, 0.717) is 13.0 Å². The van der Waals surface area contributed by atoms with Gasteiger partial charge >= 0.3 is 5.97 Å².